The summed E-state index contributed by atoms with van der Waals surface area (Å²) in [6.07, 6.45) is 6.61. The van der Waals surface area contributed by atoms with Crippen LogP contribution in [0.3, 0.4) is 0 Å². The van der Waals surface area contributed by atoms with Gasteiger partial charge < -0.3 is 10.1 Å². The SMILES string of the molecule is O=S1(=O)CCCC(NCc2cc(Cl)ccc2OC2CCCC2)C1. The van der Waals surface area contributed by atoms with Crippen LogP contribution in [0.2, 0.25) is 5.02 Å². The Morgan fingerprint density at radius 1 is 1.17 bits per heavy atom. The molecule has 1 heterocycles. The molecule has 2 aliphatic rings. The maximum absolute atomic E-state index is 11.7. The summed E-state index contributed by atoms with van der Waals surface area (Å²) in [4.78, 5) is 0. The molecule has 0 aromatic heterocycles. The zero-order chi connectivity index (χ0) is 16.3. The highest BCUT2D eigenvalue weighted by Gasteiger charge is 2.25. The van der Waals surface area contributed by atoms with Gasteiger partial charge in [-0.3, -0.25) is 0 Å². The van der Waals surface area contributed by atoms with Gasteiger partial charge in [-0.05, 0) is 56.7 Å². The summed E-state index contributed by atoms with van der Waals surface area (Å²) in [5, 5.41) is 4.05. The summed E-state index contributed by atoms with van der Waals surface area (Å²) in [7, 11) is -2.89. The summed E-state index contributed by atoms with van der Waals surface area (Å²) >= 11 is 6.12. The predicted octanol–water partition coefficient (Wildman–Crippen LogP) is 3.33. The van der Waals surface area contributed by atoms with E-state index in [9.17, 15) is 8.42 Å². The van der Waals surface area contributed by atoms with Crippen LogP contribution in [0.25, 0.3) is 0 Å². The van der Waals surface area contributed by atoms with Crippen LogP contribution in [0, 0.1) is 0 Å². The van der Waals surface area contributed by atoms with Gasteiger partial charge in [-0.2, -0.15) is 0 Å². The molecule has 1 N–H and O–H groups in total. The van der Waals surface area contributed by atoms with Gasteiger partial charge in [-0.15, -0.1) is 0 Å². The molecule has 4 nitrogen and oxygen atoms in total. The van der Waals surface area contributed by atoms with E-state index in [0.29, 0.717) is 23.4 Å². The van der Waals surface area contributed by atoms with Crippen LogP contribution in [-0.4, -0.2) is 32.1 Å². The fourth-order valence-corrected chi connectivity index (χ4v) is 5.29. The first kappa shape index (κ1) is 17.1. The molecule has 1 unspecified atom stereocenters. The van der Waals surface area contributed by atoms with Crippen molar-refractivity contribution in [2.75, 3.05) is 11.5 Å². The van der Waals surface area contributed by atoms with Gasteiger partial charge in [-0.25, -0.2) is 8.42 Å². The average Bonchev–Trinajstić information content (AvgIpc) is 2.99. The van der Waals surface area contributed by atoms with Gasteiger partial charge in [-0.1, -0.05) is 11.6 Å². The van der Waals surface area contributed by atoms with E-state index >= 15 is 0 Å². The minimum atomic E-state index is -2.89. The standard InChI is InChI=1S/C17H24ClNO3S/c18-14-7-8-17(22-16-5-1-2-6-16)13(10-14)11-19-15-4-3-9-23(20,21)12-15/h7-8,10,15-16,19H,1-6,9,11-12H2. The van der Waals surface area contributed by atoms with E-state index in [4.69, 9.17) is 16.3 Å². The first-order valence-electron chi connectivity index (χ1n) is 8.41. The number of hydrogen-bond donors (Lipinski definition) is 1. The fraction of sp³-hybridized carbons (Fsp3) is 0.647. The zero-order valence-corrected chi connectivity index (χ0v) is 14.8. The van der Waals surface area contributed by atoms with Gasteiger partial charge in [0.25, 0.3) is 0 Å². The van der Waals surface area contributed by atoms with Crippen LogP contribution in [0.1, 0.15) is 44.1 Å². The van der Waals surface area contributed by atoms with Crippen molar-refractivity contribution in [2.45, 2.75) is 57.2 Å². The molecule has 0 amide bonds. The van der Waals surface area contributed by atoms with Crippen molar-refractivity contribution in [2.24, 2.45) is 0 Å². The zero-order valence-electron chi connectivity index (χ0n) is 13.3. The summed E-state index contributed by atoms with van der Waals surface area (Å²) in [5.74, 6) is 1.41. The predicted molar refractivity (Wildman–Crippen MR) is 92.9 cm³/mol. The van der Waals surface area contributed by atoms with Crippen molar-refractivity contribution >= 4 is 21.4 Å². The lowest BCUT2D eigenvalue weighted by Gasteiger charge is -2.24. The van der Waals surface area contributed by atoms with Gasteiger partial charge in [0.05, 0.1) is 17.6 Å². The van der Waals surface area contributed by atoms with Crippen molar-refractivity contribution in [1.82, 2.24) is 5.32 Å². The number of sulfone groups is 1. The van der Waals surface area contributed by atoms with E-state index in [1.54, 1.807) is 0 Å². The van der Waals surface area contributed by atoms with Gasteiger partial charge in [0.2, 0.25) is 0 Å². The summed E-state index contributed by atoms with van der Waals surface area (Å²) in [5.41, 5.74) is 1.01. The Kier molecular flexibility index (Phi) is 5.49. The van der Waals surface area contributed by atoms with Gasteiger partial charge in [0.15, 0.2) is 9.84 Å². The summed E-state index contributed by atoms with van der Waals surface area (Å²) < 4.78 is 29.6. The second-order valence-electron chi connectivity index (χ2n) is 6.61. The lowest BCUT2D eigenvalue weighted by Crippen LogP contribution is -2.39. The van der Waals surface area contributed by atoms with Gasteiger partial charge >= 0.3 is 0 Å². The Morgan fingerprint density at radius 2 is 1.96 bits per heavy atom. The third-order valence-electron chi connectivity index (χ3n) is 4.66. The Hall–Kier alpha value is -0.780. The molecule has 0 bridgehead atoms. The molecule has 1 aromatic carbocycles. The first-order valence-corrected chi connectivity index (χ1v) is 10.6. The van der Waals surface area contributed by atoms with Crippen LogP contribution in [-0.2, 0) is 16.4 Å². The minimum Gasteiger partial charge on any atom is -0.490 e. The van der Waals surface area contributed by atoms with E-state index < -0.39 is 9.84 Å². The third kappa shape index (κ3) is 4.85. The molecule has 6 heteroatoms. The van der Waals surface area contributed by atoms with Crippen molar-refractivity contribution in [1.29, 1.82) is 0 Å². The Morgan fingerprint density at radius 3 is 2.70 bits per heavy atom. The van der Waals surface area contributed by atoms with Gasteiger partial charge in [0.1, 0.15) is 5.75 Å². The largest absolute Gasteiger partial charge is 0.490 e. The maximum atomic E-state index is 11.7. The molecule has 1 aromatic rings. The molecule has 1 aliphatic heterocycles. The molecule has 23 heavy (non-hydrogen) atoms. The van der Waals surface area contributed by atoms with Crippen molar-refractivity contribution in [3.8, 4) is 5.75 Å². The van der Waals surface area contributed by atoms with Gasteiger partial charge in [0, 0.05) is 23.2 Å². The number of benzene rings is 1. The lowest BCUT2D eigenvalue weighted by molar-refractivity contribution is 0.207. The summed E-state index contributed by atoms with van der Waals surface area (Å²) in [6.45, 7) is 0.586. The topological polar surface area (TPSA) is 55.4 Å². The molecule has 1 atom stereocenters. The molecule has 3 rings (SSSR count). The van der Waals surface area contributed by atoms with Crippen molar-refractivity contribution < 1.29 is 13.2 Å². The van der Waals surface area contributed by atoms with Crippen LogP contribution < -0.4 is 10.1 Å². The van der Waals surface area contributed by atoms with E-state index in [1.165, 1.54) is 12.8 Å². The Labute approximate surface area is 143 Å². The average molecular weight is 358 g/mol. The molecular weight excluding hydrogens is 334 g/mol. The monoisotopic (exact) mass is 357 g/mol. The molecule has 2 fully saturated rings. The fourth-order valence-electron chi connectivity index (χ4n) is 3.43. The minimum absolute atomic E-state index is 0.0204. The van der Waals surface area contributed by atoms with Crippen LogP contribution in [0.5, 0.6) is 5.75 Å². The molecule has 0 spiro atoms. The van der Waals surface area contributed by atoms with E-state index in [0.717, 1.165) is 37.0 Å². The van der Waals surface area contributed by atoms with Crippen LogP contribution in [0.15, 0.2) is 18.2 Å². The number of halogens is 1. The lowest BCUT2D eigenvalue weighted by atomic mass is 10.1. The van der Waals surface area contributed by atoms with Crippen LogP contribution in [0.4, 0.5) is 0 Å². The number of ether oxygens (including phenoxy) is 1. The van der Waals surface area contributed by atoms with Crippen molar-refractivity contribution in [3.05, 3.63) is 28.8 Å². The number of hydrogen-bond acceptors (Lipinski definition) is 4. The Balaban J connectivity index is 1.65. The molecule has 128 valence electrons. The Bertz CT molecular complexity index is 641. The van der Waals surface area contributed by atoms with E-state index in [1.807, 2.05) is 18.2 Å². The highest BCUT2D eigenvalue weighted by Crippen LogP contribution is 2.29. The second-order valence-corrected chi connectivity index (χ2v) is 9.28. The third-order valence-corrected chi connectivity index (χ3v) is 6.72. The molecule has 0 radical (unpaired) electrons. The van der Waals surface area contributed by atoms with Crippen LogP contribution >= 0.6 is 11.6 Å². The molecule has 1 aliphatic carbocycles. The second kappa shape index (κ2) is 7.41. The number of rotatable bonds is 5. The number of nitrogens with one attached hydrogen (secondary N) is 1. The first-order chi connectivity index (χ1) is 11.0. The van der Waals surface area contributed by atoms with E-state index in [-0.39, 0.29) is 11.8 Å². The van der Waals surface area contributed by atoms with E-state index in [2.05, 4.69) is 5.32 Å². The quantitative estimate of drug-likeness (QED) is 0.878. The smallest absolute Gasteiger partial charge is 0.151 e. The molecule has 1 saturated carbocycles. The van der Waals surface area contributed by atoms with Crippen molar-refractivity contribution in [3.63, 3.8) is 0 Å². The molecular formula is C17H24ClNO3S. The maximum Gasteiger partial charge on any atom is 0.151 e. The molecule has 1 saturated heterocycles. The highest BCUT2D eigenvalue weighted by molar-refractivity contribution is 7.91. The highest BCUT2D eigenvalue weighted by atomic mass is 35.5. The normalized spacial score (nSPS) is 24.7. The summed E-state index contributed by atoms with van der Waals surface area (Å²) in [6, 6.07) is 5.71.